The summed E-state index contributed by atoms with van der Waals surface area (Å²) >= 11 is 0. The van der Waals surface area contributed by atoms with Crippen LogP contribution in [0.4, 0.5) is 0 Å². The van der Waals surface area contributed by atoms with Gasteiger partial charge in [-0.05, 0) is 31.6 Å². The monoisotopic (exact) mass is 182 g/mol. The molecule has 5 atom stereocenters. The van der Waals surface area contributed by atoms with Crippen LogP contribution in [0, 0.1) is 17.8 Å². The first-order chi connectivity index (χ1) is 6.13. The van der Waals surface area contributed by atoms with Crippen LogP contribution in [0.5, 0.6) is 0 Å². The van der Waals surface area contributed by atoms with Crippen molar-refractivity contribution < 1.29 is 10.2 Å². The molecule has 2 fully saturated rings. The predicted molar refractivity (Wildman–Crippen MR) is 51.1 cm³/mol. The summed E-state index contributed by atoms with van der Waals surface area (Å²) in [4.78, 5) is 0. The molecule has 2 rings (SSSR count). The van der Waals surface area contributed by atoms with E-state index in [-0.39, 0.29) is 12.0 Å². The van der Waals surface area contributed by atoms with Gasteiger partial charge in [-0.15, -0.1) is 0 Å². The lowest BCUT2D eigenvalue weighted by molar-refractivity contribution is -0.126. The molecule has 74 valence electrons. The Bertz CT molecular complexity index is 224. The number of aliphatic hydroxyl groups excluding tert-OH is 2. The normalized spacial score (nSPS) is 45.2. The van der Waals surface area contributed by atoms with E-state index >= 15 is 0 Å². The average molecular weight is 182 g/mol. The Morgan fingerprint density at radius 3 is 2.62 bits per heavy atom. The molecule has 0 radical (unpaired) electrons. The first kappa shape index (κ1) is 9.22. The Morgan fingerprint density at radius 2 is 2.00 bits per heavy atom. The fraction of sp³-hybridized carbons (Fsp3) is 0.818. The molecule has 13 heavy (non-hydrogen) atoms. The Hall–Kier alpha value is -0.340. The van der Waals surface area contributed by atoms with Crippen molar-refractivity contribution in [1.82, 2.24) is 0 Å². The van der Waals surface area contributed by atoms with E-state index in [0.29, 0.717) is 11.8 Å². The van der Waals surface area contributed by atoms with Gasteiger partial charge in [0.25, 0.3) is 0 Å². The summed E-state index contributed by atoms with van der Waals surface area (Å²) in [6, 6.07) is 0. The molecule has 0 aromatic heterocycles. The topological polar surface area (TPSA) is 40.5 Å². The largest absolute Gasteiger partial charge is 0.392 e. The quantitative estimate of drug-likeness (QED) is 0.632. The van der Waals surface area contributed by atoms with Gasteiger partial charge in [0.1, 0.15) is 0 Å². The van der Waals surface area contributed by atoms with Gasteiger partial charge in [0.15, 0.2) is 0 Å². The molecule has 0 aromatic carbocycles. The molecule has 2 heteroatoms. The highest BCUT2D eigenvalue weighted by Gasteiger charge is 2.54. The van der Waals surface area contributed by atoms with Crippen molar-refractivity contribution in [3.05, 3.63) is 12.2 Å². The second-order valence-corrected chi connectivity index (χ2v) is 4.62. The summed E-state index contributed by atoms with van der Waals surface area (Å²) in [5, 5.41) is 19.6. The standard InChI is InChI=1S/C11H18O2/c1-6(2)10(12)9-7-4-3-5-8(7)11(9)13/h7-13H,1,3-5H2,2H3/t7-,8+,9-,10+,11+/m0/s1. The van der Waals surface area contributed by atoms with E-state index in [1.807, 2.05) is 6.92 Å². The maximum Gasteiger partial charge on any atom is 0.0800 e. The van der Waals surface area contributed by atoms with E-state index in [4.69, 9.17) is 0 Å². The van der Waals surface area contributed by atoms with Gasteiger partial charge in [-0.3, -0.25) is 0 Å². The zero-order valence-electron chi connectivity index (χ0n) is 8.11. The number of aliphatic hydroxyl groups is 2. The lowest BCUT2D eigenvalue weighted by atomic mass is 9.61. The number of hydrogen-bond donors (Lipinski definition) is 2. The average Bonchev–Trinajstić information content (AvgIpc) is 2.48. The third-order valence-electron chi connectivity index (χ3n) is 3.82. The SMILES string of the molecule is C=C(C)[C@@H](O)[C@H]1[C@H](O)[C@@H]2CCC[C@@H]21. The van der Waals surface area contributed by atoms with Gasteiger partial charge in [0.2, 0.25) is 0 Å². The van der Waals surface area contributed by atoms with Crippen LogP contribution in [0.3, 0.4) is 0 Å². The van der Waals surface area contributed by atoms with Gasteiger partial charge in [0, 0.05) is 5.92 Å². The lowest BCUT2D eigenvalue weighted by Gasteiger charge is -2.48. The maximum absolute atomic E-state index is 9.80. The van der Waals surface area contributed by atoms with Crippen molar-refractivity contribution in [2.24, 2.45) is 17.8 Å². The Morgan fingerprint density at radius 1 is 1.38 bits per heavy atom. The molecule has 0 heterocycles. The van der Waals surface area contributed by atoms with E-state index < -0.39 is 6.10 Å². The molecule has 0 spiro atoms. The van der Waals surface area contributed by atoms with Gasteiger partial charge in [0.05, 0.1) is 12.2 Å². The van der Waals surface area contributed by atoms with Crippen molar-refractivity contribution in [2.45, 2.75) is 38.4 Å². The second-order valence-electron chi connectivity index (χ2n) is 4.62. The Balaban J connectivity index is 2.05. The van der Waals surface area contributed by atoms with Crippen LogP contribution in [0.1, 0.15) is 26.2 Å². The molecule has 2 saturated carbocycles. The first-order valence-electron chi connectivity index (χ1n) is 5.14. The summed E-state index contributed by atoms with van der Waals surface area (Å²) in [5.74, 6) is 1.10. The molecule has 2 aliphatic rings. The molecule has 2 aliphatic carbocycles. The second kappa shape index (κ2) is 3.10. The predicted octanol–water partition coefficient (Wildman–Crippen LogP) is 1.33. The van der Waals surface area contributed by atoms with Gasteiger partial charge < -0.3 is 10.2 Å². The zero-order chi connectivity index (χ0) is 9.59. The van der Waals surface area contributed by atoms with Crippen LogP contribution >= 0.6 is 0 Å². The van der Waals surface area contributed by atoms with Crippen molar-refractivity contribution >= 4 is 0 Å². The summed E-state index contributed by atoms with van der Waals surface area (Å²) in [6.45, 7) is 5.58. The molecule has 0 unspecified atom stereocenters. The molecule has 2 N–H and O–H groups in total. The fourth-order valence-corrected chi connectivity index (χ4v) is 3.06. The third kappa shape index (κ3) is 1.24. The third-order valence-corrected chi connectivity index (χ3v) is 3.82. The molecular weight excluding hydrogens is 164 g/mol. The highest BCUT2D eigenvalue weighted by molar-refractivity contribution is 5.11. The van der Waals surface area contributed by atoms with Crippen LogP contribution < -0.4 is 0 Å². The Labute approximate surface area is 79.3 Å². The molecular formula is C11H18O2. The van der Waals surface area contributed by atoms with Crippen molar-refractivity contribution in [3.8, 4) is 0 Å². The van der Waals surface area contributed by atoms with Crippen LogP contribution in [-0.4, -0.2) is 22.4 Å². The molecule has 0 aliphatic heterocycles. The lowest BCUT2D eigenvalue weighted by Crippen LogP contribution is -2.54. The maximum atomic E-state index is 9.80. The van der Waals surface area contributed by atoms with Crippen molar-refractivity contribution in [3.63, 3.8) is 0 Å². The smallest absolute Gasteiger partial charge is 0.0800 e. The molecule has 2 nitrogen and oxygen atoms in total. The Kier molecular flexibility index (Phi) is 2.20. The number of hydrogen-bond acceptors (Lipinski definition) is 2. The minimum atomic E-state index is -0.491. The van der Waals surface area contributed by atoms with Gasteiger partial charge in [-0.2, -0.15) is 0 Å². The van der Waals surface area contributed by atoms with E-state index in [9.17, 15) is 10.2 Å². The summed E-state index contributed by atoms with van der Waals surface area (Å²) in [5.41, 5.74) is 0.786. The van der Waals surface area contributed by atoms with Gasteiger partial charge >= 0.3 is 0 Å². The van der Waals surface area contributed by atoms with Crippen LogP contribution in [-0.2, 0) is 0 Å². The number of rotatable bonds is 2. The molecule has 0 amide bonds. The summed E-state index contributed by atoms with van der Waals surface area (Å²) < 4.78 is 0. The molecule has 0 bridgehead atoms. The fourth-order valence-electron chi connectivity index (χ4n) is 3.06. The minimum Gasteiger partial charge on any atom is -0.392 e. The van der Waals surface area contributed by atoms with Crippen molar-refractivity contribution in [2.75, 3.05) is 0 Å². The number of fused-ring (bicyclic) bond motifs is 1. The van der Waals surface area contributed by atoms with E-state index in [2.05, 4.69) is 6.58 Å². The zero-order valence-corrected chi connectivity index (χ0v) is 8.11. The van der Waals surface area contributed by atoms with Gasteiger partial charge in [-0.25, -0.2) is 0 Å². The van der Waals surface area contributed by atoms with Gasteiger partial charge in [-0.1, -0.05) is 18.6 Å². The highest BCUT2D eigenvalue weighted by Crippen LogP contribution is 2.53. The summed E-state index contributed by atoms with van der Waals surface area (Å²) in [7, 11) is 0. The summed E-state index contributed by atoms with van der Waals surface area (Å²) in [6.07, 6.45) is 2.77. The minimum absolute atomic E-state index is 0.0741. The molecule has 0 aromatic rings. The van der Waals surface area contributed by atoms with Crippen LogP contribution in [0.15, 0.2) is 12.2 Å². The van der Waals surface area contributed by atoms with Crippen LogP contribution in [0.25, 0.3) is 0 Å². The molecule has 0 saturated heterocycles. The first-order valence-corrected chi connectivity index (χ1v) is 5.14. The van der Waals surface area contributed by atoms with E-state index in [1.54, 1.807) is 0 Å². The van der Waals surface area contributed by atoms with Crippen molar-refractivity contribution in [1.29, 1.82) is 0 Å². The van der Waals surface area contributed by atoms with E-state index in [0.717, 1.165) is 12.0 Å². The van der Waals surface area contributed by atoms with E-state index in [1.165, 1.54) is 12.8 Å². The highest BCUT2D eigenvalue weighted by atomic mass is 16.3. The van der Waals surface area contributed by atoms with Crippen LogP contribution in [0.2, 0.25) is 0 Å².